The maximum absolute atomic E-state index is 11.1. The van der Waals surface area contributed by atoms with Crippen LogP contribution in [0.2, 0.25) is 0 Å². The number of rotatable bonds is 2. The lowest BCUT2D eigenvalue weighted by atomic mass is 10.1. The van der Waals surface area contributed by atoms with Crippen LogP contribution in [0.1, 0.15) is 21.7 Å². The zero-order valence-corrected chi connectivity index (χ0v) is 9.18. The van der Waals surface area contributed by atoms with Gasteiger partial charge in [-0.2, -0.15) is 0 Å². The molecular weight excluding hydrogens is 226 g/mol. The Balaban J connectivity index is 2.86. The van der Waals surface area contributed by atoms with Gasteiger partial charge in [0.25, 0.3) is 5.69 Å². The number of aryl methyl sites for hydroxylation is 2. The van der Waals surface area contributed by atoms with Crippen molar-refractivity contribution in [2.24, 2.45) is 0 Å². The third-order valence-corrected chi connectivity index (χ3v) is 2.57. The van der Waals surface area contributed by atoms with Gasteiger partial charge in [-0.3, -0.25) is 10.1 Å². The quantitative estimate of drug-likeness (QED) is 0.637. The van der Waals surface area contributed by atoms with Crippen molar-refractivity contribution in [3.63, 3.8) is 0 Å². The Bertz CT molecular complexity index is 641. The number of furan rings is 1. The standard InChI is InChI=1S/C11H9NO5/c1-5-3-7(12(15)16)4-8-9(5)10(11(13)14)6(2)17-8/h3-4H,1-2H3,(H,13,14). The number of non-ortho nitro benzene ring substituents is 1. The number of hydrogen-bond donors (Lipinski definition) is 1. The number of carbonyl (C=O) groups is 1. The molecule has 1 aromatic heterocycles. The van der Waals surface area contributed by atoms with E-state index in [2.05, 4.69) is 0 Å². The van der Waals surface area contributed by atoms with Crippen molar-refractivity contribution < 1.29 is 19.2 Å². The van der Waals surface area contributed by atoms with Crippen molar-refractivity contribution >= 4 is 22.6 Å². The van der Waals surface area contributed by atoms with Gasteiger partial charge < -0.3 is 9.52 Å². The lowest BCUT2D eigenvalue weighted by Gasteiger charge is -1.97. The molecule has 6 nitrogen and oxygen atoms in total. The Labute approximate surface area is 95.6 Å². The number of hydrogen-bond acceptors (Lipinski definition) is 4. The van der Waals surface area contributed by atoms with E-state index in [1.165, 1.54) is 19.1 Å². The largest absolute Gasteiger partial charge is 0.478 e. The zero-order chi connectivity index (χ0) is 12.7. The Morgan fingerprint density at radius 3 is 2.59 bits per heavy atom. The smallest absolute Gasteiger partial charge is 0.339 e. The van der Waals surface area contributed by atoms with Gasteiger partial charge in [-0.1, -0.05) is 0 Å². The molecule has 0 spiro atoms. The van der Waals surface area contributed by atoms with Gasteiger partial charge in [-0.05, 0) is 19.4 Å². The molecule has 0 radical (unpaired) electrons. The molecule has 0 amide bonds. The highest BCUT2D eigenvalue weighted by Crippen LogP contribution is 2.31. The predicted octanol–water partition coefficient (Wildman–Crippen LogP) is 2.66. The second kappa shape index (κ2) is 3.58. The average Bonchev–Trinajstić information content (AvgIpc) is 2.54. The normalized spacial score (nSPS) is 10.7. The minimum absolute atomic E-state index is 0.0624. The number of nitrogens with zero attached hydrogens (tertiary/aromatic N) is 1. The predicted molar refractivity (Wildman–Crippen MR) is 59.3 cm³/mol. The van der Waals surface area contributed by atoms with Crippen molar-refractivity contribution in [1.29, 1.82) is 0 Å². The van der Waals surface area contributed by atoms with E-state index < -0.39 is 10.9 Å². The number of carboxylic acid groups (broad SMARTS) is 1. The highest BCUT2D eigenvalue weighted by atomic mass is 16.6. The Morgan fingerprint density at radius 1 is 1.41 bits per heavy atom. The van der Waals surface area contributed by atoms with E-state index in [1.54, 1.807) is 6.92 Å². The first kappa shape index (κ1) is 11.1. The second-order valence-electron chi connectivity index (χ2n) is 3.73. The molecule has 0 aliphatic rings. The highest BCUT2D eigenvalue weighted by molar-refractivity contribution is 6.05. The van der Waals surface area contributed by atoms with Crippen LogP contribution in [-0.2, 0) is 0 Å². The topological polar surface area (TPSA) is 93.6 Å². The molecule has 0 unspecified atom stereocenters. The monoisotopic (exact) mass is 235 g/mol. The van der Waals surface area contributed by atoms with Crippen LogP contribution >= 0.6 is 0 Å². The van der Waals surface area contributed by atoms with Crippen molar-refractivity contribution in [2.75, 3.05) is 0 Å². The molecule has 0 fully saturated rings. The Kier molecular flexibility index (Phi) is 2.35. The number of nitro benzene ring substituents is 1. The van der Waals surface area contributed by atoms with E-state index in [-0.39, 0.29) is 22.6 Å². The molecule has 6 heteroatoms. The SMILES string of the molecule is Cc1oc2cc([N+](=O)[O-])cc(C)c2c1C(=O)O. The molecule has 0 aliphatic carbocycles. The van der Waals surface area contributed by atoms with Gasteiger partial charge in [0.1, 0.15) is 16.9 Å². The van der Waals surface area contributed by atoms with Crippen LogP contribution in [0.4, 0.5) is 5.69 Å². The van der Waals surface area contributed by atoms with E-state index in [1.807, 2.05) is 0 Å². The first-order valence-corrected chi connectivity index (χ1v) is 4.83. The number of carboxylic acids is 1. The minimum atomic E-state index is -1.10. The van der Waals surface area contributed by atoms with Crippen LogP contribution < -0.4 is 0 Å². The van der Waals surface area contributed by atoms with Crippen LogP contribution in [0, 0.1) is 24.0 Å². The summed E-state index contributed by atoms with van der Waals surface area (Å²) < 4.78 is 5.25. The summed E-state index contributed by atoms with van der Waals surface area (Å²) >= 11 is 0. The molecule has 0 saturated carbocycles. The highest BCUT2D eigenvalue weighted by Gasteiger charge is 2.21. The van der Waals surface area contributed by atoms with Gasteiger partial charge in [0, 0.05) is 11.5 Å². The molecule has 0 atom stereocenters. The minimum Gasteiger partial charge on any atom is -0.478 e. The van der Waals surface area contributed by atoms with E-state index in [9.17, 15) is 14.9 Å². The van der Waals surface area contributed by atoms with E-state index in [0.717, 1.165) is 0 Å². The summed E-state index contributed by atoms with van der Waals surface area (Å²) in [7, 11) is 0. The van der Waals surface area contributed by atoms with E-state index in [4.69, 9.17) is 9.52 Å². The van der Waals surface area contributed by atoms with Gasteiger partial charge >= 0.3 is 5.97 Å². The fraction of sp³-hybridized carbons (Fsp3) is 0.182. The number of benzene rings is 1. The molecule has 2 aromatic rings. The molecule has 0 aliphatic heterocycles. The van der Waals surface area contributed by atoms with Gasteiger partial charge in [-0.25, -0.2) is 4.79 Å². The zero-order valence-electron chi connectivity index (χ0n) is 9.18. The van der Waals surface area contributed by atoms with Gasteiger partial charge in [0.05, 0.1) is 11.0 Å². The Morgan fingerprint density at radius 2 is 2.06 bits per heavy atom. The average molecular weight is 235 g/mol. The van der Waals surface area contributed by atoms with Crippen LogP contribution in [0.3, 0.4) is 0 Å². The van der Waals surface area contributed by atoms with E-state index in [0.29, 0.717) is 10.9 Å². The second-order valence-corrected chi connectivity index (χ2v) is 3.73. The lowest BCUT2D eigenvalue weighted by molar-refractivity contribution is -0.384. The lowest BCUT2D eigenvalue weighted by Crippen LogP contribution is -1.98. The summed E-state index contributed by atoms with van der Waals surface area (Å²) in [6.45, 7) is 3.14. The van der Waals surface area contributed by atoms with Crippen molar-refractivity contribution in [1.82, 2.24) is 0 Å². The van der Waals surface area contributed by atoms with E-state index >= 15 is 0 Å². The Hall–Kier alpha value is -2.37. The molecule has 1 N–H and O–H groups in total. The maximum atomic E-state index is 11.1. The van der Waals surface area contributed by atoms with Crippen LogP contribution in [-0.4, -0.2) is 16.0 Å². The summed E-state index contributed by atoms with van der Waals surface area (Å²) in [4.78, 5) is 21.2. The summed E-state index contributed by atoms with van der Waals surface area (Å²) in [6.07, 6.45) is 0. The molecular formula is C11H9NO5. The summed E-state index contributed by atoms with van der Waals surface area (Å²) in [5.41, 5.74) is 0.697. The number of nitro groups is 1. The van der Waals surface area contributed by atoms with Crippen LogP contribution in [0.5, 0.6) is 0 Å². The maximum Gasteiger partial charge on any atom is 0.339 e. The summed E-state index contributed by atoms with van der Waals surface area (Å²) in [5, 5.41) is 20.1. The van der Waals surface area contributed by atoms with Crippen molar-refractivity contribution in [3.8, 4) is 0 Å². The van der Waals surface area contributed by atoms with Gasteiger partial charge in [0.15, 0.2) is 0 Å². The molecule has 88 valence electrons. The number of fused-ring (bicyclic) bond motifs is 1. The van der Waals surface area contributed by atoms with Crippen LogP contribution in [0.25, 0.3) is 11.0 Å². The van der Waals surface area contributed by atoms with Gasteiger partial charge in [-0.15, -0.1) is 0 Å². The summed E-state index contributed by atoms with van der Waals surface area (Å²) in [6, 6.07) is 2.57. The third kappa shape index (κ3) is 1.63. The van der Waals surface area contributed by atoms with Gasteiger partial charge in [0.2, 0.25) is 0 Å². The van der Waals surface area contributed by atoms with Crippen molar-refractivity contribution in [3.05, 3.63) is 39.1 Å². The number of aromatic carboxylic acids is 1. The molecule has 1 heterocycles. The molecule has 0 saturated heterocycles. The molecule has 17 heavy (non-hydrogen) atoms. The molecule has 1 aromatic carbocycles. The fourth-order valence-corrected chi connectivity index (χ4v) is 1.89. The molecule has 2 rings (SSSR count). The fourth-order valence-electron chi connectivity index (χ4n) is 1.89. The third-order valence-electron chi connectivity index (χ3n) is 2.57. The molecule has 0 bridgehead atoms. The first-order valence-electron chi connectivity index (χ1n) is 4.83. The first-order chi connectivity index (χ1) is 7.91. The van der Waals surface area contributed by atoms with Crippen LogP contribution in [0.15, 0.2) is 16.5 Å². The van der Waals surface area contributed by atoms with Crippen molar-refractivity contribution in [2.45, 2.75) is 13.8 Å². The summed E-state index contributed by atoms with van der Waals surface area (Å²) in [5.74, 6) is -0.852.